The van der Waals surface area contributed by atoms with Gasteiger partial charge in [0.1, 0.15) is 0 Å². The fourth-order valence-corrected chi connectivity index (χ4v) is 2.99. The number of carbonyl (C=O) groups excluding carboxylic acids is 2. The number of carbonyl (C=O) groups is 2. The van der Waals surface area contributed by atoms with Gasteiger partial charge in [-0.25, -0.2) is 13.2 Å². The summed E-state index contributed by atoms with van der Waals surface area (Å²) in [4.78, 5) is 25.0. The van der Waals surface area contributed by atoms with Crippen LogP contribution in [0, 0.1) is 5.92 Å². The predicted molar refractivity (Wildman–Crippen MR) is 82.1 cm³/mol. The maximum Gasteiger partial charge on any atom is 0.321 e. The SMILES string of the molecule is CS(=O)(=O)c1ccc(NC(=O)N2CCC(C(N)=O)CC2)cc1. The third-order valence-corrected chi connectivity index (χ3v) is 4.85. The maximum atomic E-state index is 12.1. The number of benzene rings is 1. The number of piperidine rings is 1. The third-order valence-electron chi connectivity index (χ3n) is 3.72. The summed E-state index contributed by atoms with van der Waals surface area (Å²) < 4.78 is 22.7. The van der Waals surface area contributed by atoms with Gasteiger partial charge in [0.25, 0.3) is 0 Å². The normalized spacial score (nSPS) is 16.3. The molecular weight excluding hydrogens is 306 g/mol. The van der Waals surface area contributed by atoms with Crippen molar-refractivity contribution < 1.29 is 18.0 Å². The predicted octanol–water partition coefficient (Wildman–Crippen LogP) is 0.819. The van der Waals surface area contributed by atoms with Gasteiger partial charge in [-0.1, -0.05) is 0 Å². The van der Waals surface area contributed by atoms with Gasteiger partial charge in [-0.2, -0.15) is 0 Å². The minimum absolute atomic E-state index is 0.168. The van der Waals surface area contributed by atoms with E-state index in [-0.39, 0.29) is 22.8 Å². The lowest BCUT2D eigenvalue weighted by Gasteiger charge is -2.30. The van der Waals surface area contributed by atoms with E-state index in [1.807, 2.05) is 0 Å². The van der Waals surface area contributed by atoms with Gasteiger partial charge in [0.2, 0.25) is 5.91 Å². The van der Waals surface area contributed by atoms with E-state index in [1.54, 1.807) is 17.0 Å². The monoisotopic (exact) mass is 325 g/mol. The van der Waals surface area contributed by atoms with Crippen LogP contribution in [0.1, 0.15) is 12.8 Å². The summed E-state index contributed by atoms with van der Waals surface area (Å²) >= 11 is 0. The van der Waals surface area contributed by atoms with Crippen molar-refractivity contribution >= 4 is 27.5 Å². The summed E-state index contributed by atoms with van der Waals surface area (Å²) in [5.41, 5.74) is 5.78. The lowest BCUT2D eigenvalue weighted by atomic mass is 9.96. The van der Waals surface area contributed by atoms with Crippen LogP contribution in [-0.4, -0.2) is 44.6 Å². The molecule has 0 unspecified atom stereocenters. The summed E-state index contributed by atoms with van der Waals surface area (Å²) in [7, 11) is -3.25. The molecule has 1 aliphatic heterocycles. The number of nitrogens with two attached hydrogens (primary N) is 1. The molecule has 1 fully saturated rings. The molecule has 7 nitrogen and oxygen atoms in total. The zero-order valence-corrected chi connectivity index (χ0v) is 13.1. The van der Waals surface area contributed by atoms with E-state index >= 15 is 0 Å². The van der Waals surface area contributed by atoms with Gasteiger partial charge in [0.15, 0.2) is 9.84 Å². The van der Waals surface area contributed by atoms with Crippen molar-refractivity contribution in [2.75, 3.05) is 24.7 Å². The Balaban J connectivity index is 1.94. The van der Waals surface area contributed by atoms with Crippen molar-refractivity contribution in [1.29, 1.82) is 0 Å². The van der Waals surface area contributed by atoms with Crippen LogP contribution in [0.2, 0.25) is 0 Å². The molecule has 120 valence electrons. The summed E-state index contributed by atoms with van der Waals surface area (Å²) in [6.45, 7) is 0.946. The molecule has 0 bridgehead atoms. The molecule has 0 aromatic heterocycles. The fourth-order valence-electron chi connectivity index (χ4n) is 2.36. The van der Waals surface area contributed by atoms with Gasteiger partial charge in [-0.15, -0.1) is 0 Å². The van der Waals surface area contributed by atoms with Crippen molar-refractivity contribution in [2.45, 2.75) is 17.7 Å². The summed E-state index contributed by atoms with van der Waals surface area (Å²) in [6.07, 6.45) is 2.26. The van der Waals surface area contributed by atoms with Crippen molar-refractivity contribution in [2.24, 2.45) is 11.7 Å². The molecule has 1 saturated heterocycles. The van der Waals surface area contributed by atoms with Crippen LogP contribution in [0.3, 0.4) is 0 Å². The number of nitrogens with zero attached hydrogens (tertiary/aromatic N) is 1. The number of primary amides is 1. The van der Waals surface area contributed by atoms with Crippen LogP contribution in [0.15, 0.2) is 29.2 Å². The number of amides is 3. The number of nitrogens with one attached hydrogen (secondary N) is 1. The molecular formula is C14H19N3O4S. The Hall–Kier alpha value is -2.09. The topological polar surface area (TPSA) is 110 Å². The van der Waals surface area contributed by atoms with E-state index in [0.717, 1.165) is 6.26 Å². The van der Waals surface area contributed by atoms with E-state index in [0.29, 0.717) is 31.6 Å². The first kappa shape index (κ1) is 16.3. The van der Waals surface area contributed by atoms with E-state index < -0.39 is 9.84 Å². The summed E-state index contributed by atoms with van der Waals surface area (Å²) in [5.74, 6) is -0.491. The average molecular weight is 325 g/mol. The number of urea groups is 1. The molecule has 0 aliphatic carbocycles. The molecule has 1 heterocycles. The van der Waals surface area contributed by atoms with E-state index in [4.69, 9.17) is 5.73 Å². The Morgan fingerprint density at radius 1 is 1.18 bits per heavy atom. The highest BCUT2D eigenvalue weighted by molar-refractivity contribution is 7.90. The Kier molecular flexibility index (Phi) is 4.70. The summed E-state index contributed by atoms with van der Waals surface area (Å²) in [6, 6.07) is 5.72. The first-order valence-electron chi connectivity index (χ1n) is 6.93. The Morgan fingerprint density at radius 2 is 1.73 bits per heavy atom. The summed E-state index contributed by atoms with van der Waals surface area (Å²) in [5, 5.41) is 2.71. The Bertz CT molecular complexity index is 662. The quantitative estimate of drug-likeness (QED) is 0.857. The molecule has 0 saturated carbocycles. The second-order valence-corrected chi connectivity index (χ2v) is 7.41. The smallest absolute Gasteiger partial charge is 0.321 e. The largest absolute Gasteiger partial charge is 0.369 e. The minimum Gasteiger partial charge on any atom is -0.369 e. The number of likely N-dealkylation sites (tertiary alicyclic amines) is 1. The molecule has 3 N–H and O–H groups in total. The number of sulfone groups is 1. The van der Waals surface area contributed by atoms with Crippen LogP contribution in [0.5, 0.6) is 0 Å². The Morgan fingerprint density at radius 3 is 2.18 bits per heavy atom. The first-order chi connectivity index (χ1) is 10.3. The number of hydrogen-bond donors (Lipinski definition) is 2. The fraction of sp³-hybridized carbons (Fsp3) is 0.429. The highest BCUT2D eigenvalue weighted by atomic mass is 32.2. The molecule has 0 atom stereocenters. The van der Waals surface area contributed by atoms with Crippen molar-refractivity contribution in [3.8, 4) is 0 Å². The van der Waals surface area contributed by atoms with Crippen LogP contribution in [-0.2, 0) is 14.6 Å². The van der Waals surface area contributed by atoms with E-state index in [9.17, 15) is 18.0 Å². The molecule has 3 amide bonds. The van der Waals surface area contributed by atoms with Crippen LogP contribution < -0.4 is 11.1 Å². The number of rotatable bonds is 3. The lowest BCUT2D eigenvalue weighted by molar-refractivity contribution is -0.122. The highest BCUT2D eigenvalue weighted by Gasteiger charge is 2.25. The van der Waals surface area contributed by atoms with Gasteiger partial charge in [-0.05, 0) is 37.1 Å². The molecule has 0 spiro atoms. The maximum absolute atomic E-state index is 12.1. The second-order valence-electron chi connectivity index (χ2n) is 5.39. The first-order valence-corrected chi connectivity index (χ1v) is 8.82. The second kappa shape index (κ2) is 6.35. The van der Waals surface area contributed by atoms with Gasteiger partial charge < -0.3 is 16.0 Å². The van der Waals surface area contributed by atoms with Gasteiger partial charge in [0.05, 0.1) is 4.90 Å². The van der Waals surface area contributed by atoms with Crippen LogP contribution in [0.4, 0.5) is 10.5 Å². The molecule has 2 rings (SSSR count). The minimum atomic E-state index is -3.25. The molecule has 1 aromatic rings. The van der Waals surface area contributed by atoms with Gasteiger partial charge in [0, 0.05) is 31.0 Å². The van der Waals surface area contributed by atoms with Gasteiger partial charge in [-0.3, -0.25) is 4.79 Å². The zero-order chi connectivity index (χ0) is 16.3. The van der Waals surface area contributed by atoms with E-state index in [1.165, 1.54) is 12.1 Å². The standard InChI is InChI=1S/C14H19N3O4S/c1-22(20,21)12-4-2-11(3-5-12)16-14(19)17-8-6-10(7-9-17)13(15)18/h2-5,10H,6-9H2,1H3,(H2,15,18)(H,16,19). The van der Waals surface area contributed by atoms with Gasteiger partial charge >= 0.3 is 6.03 Å². The van der Waals surface area contributed by atoms with E-state index in [2.05, 4.69) is 5.32 Å². The van der Waals surface area contributed by atoms with Crippen LogP contribution >= 0.6 is 0 Å². The van der Waals surface area contributed by atoms with Crippen LogP contribution in [0.25, 0.3) is 0 Å². The number of anilines is 1. The molecule has 1 aliphatic rings. The van der Waals surface area contributed by atoms with Crippen molar-refractivity contribution in [3.63, 3.8) is 0 Å². The zero-order valence-electron chi connectivity index (χ0n) is 12.3. The highest BCUT2D eigenvalue weighted by Crippen LogP contribution is 2.18. The molecule has 8 heteroatoms. The number of hydrogen-bond acceptors (Lipinski definition) is 4. The Labute approximate surface area is 129 Å². The molecule has 1 aromatic carbocycles. The molecule has 22 heavy (non-hydrogen) atoms. The molecule has 0 radical (unpaired) electrons. The van der Waals surface area contributed by atoms with Crippen molar-refractivity contribution in [1.82, 2.24) is 4.90 Å². The third kappa shape index (κ3) is 3.97. The lowest BCUT2D eigenvalue weighted by Crippen LogP contribution is -2.43. The average Bonchev–Trinajstić information content (AvgIpc) is 2.47. The van der Waals surface area contributed by atoms with Crippen molar-refractivity contribution in [3.05, 3.63) is 24.3 Å².